The van der Waals surface area contributed by atoms with Gasteiger partial charge in [-0.2, -0.15) is 0 Å². The van der Waals surface area contributed by atoms with E-state index in [0.717, 1.165) is 0 Å². The zero-order chi connectivity index (χ0) is 12.3. The van der Waals surface area contributed by atoms with Crippen LogP contribution >= 0.6 is 0 Å². The molecular formula is C12H18N2O2. The van der Waals surface area contributed by atoms with Gasteiger partial charge in [-0.3, -0.25) is 4.79 Å². The van der Waals surface area contributed by atoms with Crippen molar-refractivity contribution in [3.05, 3.63) is 24.3 Å². The fourth-order valence-corrected chi connectivity index (χ4v) is 1.45. The summed E-state index contributed by atoms with van der Waals surface area (Å²) in [6.45, 7) is 5.72. The smallest absolute Gasteiger partial charge is 0.246 e. The number of hydrogen-bond acceptors (Lipinski definition) is 3. The van der Waals surface area contributed by atoms with E-state index in [1.807, 2.05) is 6.92 Å². The number of carbonyl (C=O) groups is 1. The summed E-state index contributed by atoms with van der Waals surface area (Å²) in [5, 5.41) is 9.37. The Morgan fingerprint density at radius 3 is 2.56 bits per heavy atom. The molecule has 1 aromatic carbocycles. The van der Waals surface area contributed by atoms with Crippen LogP contribution in [0, 0.1) is 0 Å². The van der Waals surface area contributed by atoms with E-state index in [1.165, 1.54) is 0 Å². The molecule has 0 aromatic heterocycles. The van der Waals surface area contributed by atoms with Gasteiger partial charge >= 0.3 is 0 Å². The summed E-state index contributed by atoms with van der Waals surface area (Å²) in [6, 6.07) is 6.58. The molecule has 4 heteroatoms. The Morgan fingerprint density at radius 1 is 1.50 bits per heavy atom. The summed E-state index contributed by atoms with van der Waals surface area (Å²) >= 11 is 0. The van der Waals surface area contributed by atoms with Crippen LogP contribution in [0.5, 0.6) is 5.75 Å². The van der Waals surface area contributed by atoms with E-state index >= 15 is 0 Å². The summed E-state index contributed by atoms with van der Waals surface area (Å²) in [5.41, 5.74) is 5.52. The van der Waals surface area contributed by atoms with Crippen molar-refractivity contribution in [3.8, 4) is 5.75 Å². The van der Waals surface area contributed by atoms with E-state index in [-0.39, 0.29) is 11.7 Å². The molecule has 1 aromatic rings. The molecule has 0 aliphatic rings. The Hall–Kier alpha value is -1.55. The topological polar surface area (TPSA) is 66.6 Å². The van der Waals surface area contributed by atoms with Crippen LogP contribution in [0.1, 0.15) is 20.8 Å². The number of phenols is 1. The molecule has 0 saturated heterocycles. The molecule has 0 spiro atoms. The van der Waals surface area contributed by atoms with Crippen LogP contribution in [-0.2, 0) is 4.79 Å². The van der Waals surface area contributed by atoms with Gasteiger partial charge in [-0.05, 0) is 32.9 Å². The Bertz CT molecular complexity index is 383. The summed E-state index contributed by atoms with van der Waals surface area (Å²) < 4.78 is 0. The average molecular weight is 222 g/mol. The van der Waals surface area contributed by atoms with Crippen LogP contribution < -0.4 is 10.6 Å². The van der Waals surface area contributed by atoms with Crippen molar-refractivity contribution in [3.63, 3.8) is 0 Å². The number of carbonyl (C=O) groups excluding carboxylic acids is 1. The highest BCUT2D eigenvalue weighted by atomic mass is 16.3. The lowest BCUT2D eigenvalue weighted by Crippen LogP contribution is -2.51. The van der Waals surface area contributed by atoms with E-state index in [1.54, 1.807) is 43.0 Å². The van der Waals surface area contributed by atoms with Crippen LogP contribution in [0.3, 0.4) is 0 Å². The number of nitrogens with two attached hydrogens (primary N) is 1. The van der Waals surface area contributed by atoms with Crippen LogP contribution in [0.2, 0.25) is 0 Å². The molecular weight excluding hydrogens is 204 g/mol. The van der Waals surface area contributed by atoms with E-state index < -0.39 is 5.54 Å². The minimum Gasteiger partial charge on any atom is -0.508 e. The molecule has 0 heterocycles. The Kier molecular flexibility index (Phi) is 3.55. The van der Waals surface area contributed by atoms with Gasteiger partial charge in [-0.15, -0.1) is 0 Å². The highest BCUT2D eigenvalue weighted by molar-refractivity contribution is 5.99. The predicted molar refractivity (Wildman–Crippen MR) is 64.4 cm³/mol. The molecule has 0 aliphatic heterocycles. The van der Waals surface area contributed by atoms with Gasteiger partial charge in [0.25, 0.3) is 0 Å². The van der Waals surface area contributed by atoms with E-state index in [4.69, 9.17) is 5.73 Å². The Labute approximate surface area is 95.7 Å². The van der Waals surface area contributed by atoms with Crippen LogP contribution in [0.25, 0.3) is 0 Å². The molecule has 0 bridgehead atoms. The van der Waals surface area contributed by atoms with Gasteiger partial charge in [0.15, 0.2) is 0 Å². The zero-order valence-corrected chi connectivity index (χ0v) is 9.90. The second kappa shape index (κ2) is 4.53. The zero-order valence-electron chi connectivity index (χ0n) is 9.90. The van der Waals surface area contributed by atoms with Gasteiger partial charge in [-0.25, -0.2) is 0 Å². The number of rotatable bonds is 3. The average Bonchev–Trinajstić information content (AvgIpc) is 2.17. The van der Waals surface area contributed by atoms with Crippen molar-refractivity contribution >= 4 is 11.6 Å². The van der Waals surface area contributed by atoms with E-state index in [0.29, 0.717) is 12.2 Å². The summed E-state index contributed by atoms with van der Waals surface area (Å²) in [4.78, 5) is 13.6. The monoisotopic (exact) mass is 222 g/mol. The normalized spacial score (nSPS) is 11.2. The molecule has 0 unspecified atom stereocenters. The molecule has 1 amide bonds. The number of aromatic hydroxyl groups is 1. The number of nitrogens with zero attached hydrogens (tertiary/aromatic N) is 1. The van der Waals surface area contributed by atoms with Gasteiger partial charge < -0.3 is 15.7 Å². The summed E-state index contributed by atoms with van der Waals surface area (Å²) in [7, 11) is 0. The van der Waals surface area contributed by atoms with E-state index in [9.17, 15) is 9.90 Å². The molecule has 4 nitrogen and oxygen atoms in total. The molecule has 0 fully saturated rings. The second-order valence-electron chi connectivity index (χ2n) is 4.29. The summed E-state index contributed by atoms with van der Waals surface area (Å²) in [6.07, 6.45) is 0. The maximum Gasteiger partial charge on any atom is 0.246 e. The molecule has 0 saturated carbocycles. The lowest BCUT2D eigenvalue weighted by molar-refractivity contribution is -0.122. The van der Waals surface area contributed by atoms with Crippen molar-refractivity contribution in [1.29, 1.82) is 0 Å². The molecule has 88 valence electrons. The first-order valence-corrected chi connectivity index (χ1v) is 5.26. The molecule has 16 heavy (non-hydrogen) atoms. The number of benzene rings is 1. The fraction of sp³-hybridized carbons (Fsp3) is 0.417. The first-order valence-electron chi connectivity index (χ1n) is 5.26. The first kappa shape index (κ1) is 12.5. The van der Waals surface area contributed by atoms with Crippen LogP contribution in [0.4, 0.5) is 5.69 Å². The molecule has 0 aliphatic carbocycles. The van der Waals surface area contributed by atoms with Gasteiger partial charge in [0, 0.05) is 18.3 Å². The fourth-order valence-electron chi connectivity index (χ4n) is 1.45. The highest BCUT2D eigenvalue weighted by Crippen LogP contribution is 2.21. The minimum atomic E-state index is -0.915. The number of hydrogen-bond donors (Lipinski definition) is 2. The largest absolute Gasteiger partial charge is 0.508 e. The highest BCUT2D eigenvalue weighted by Gasteiger charge is 2.27. The lowest BCUT2D eigenvalue weighted by atomic mass is 10.0. The third-order valence-electron chi connectivity index (χ3n) is 2.25. The van der Waals surface area contributed by atoms with E-state index in [2.05, 4.69) is 0 Å². The van der Waals surface area contributed by atoms with Gasteiger partial charge in [-0.1, -0.05) is 6.07 Å². The lowest BCUT2D eigenvalue weighted by Gasteiger charge is -2.28. The van der Waals surface area contributed by atoms with Crippen molar-refractivity contribution in [2.45, 2.75) is 26.3 Å². The molecule has 0 atom stereocenters. The second-order valence-corrected chi connectivity index (χ2v) is 4.29. The first-order chi connectivity index (χ1) is 7.36. The van der Waals surface area contributed by atoms with Crippen molar-refractivity contribution < 1.29 is 9.90 Å². The number of likely N-dealkylation sites (N-methyl/N-ethyl adjacent to an activating group) is 1. The predicted octanol–water partition coefficient (Wildman–Crippen LogP) is 1.48. The van der Waals surface area contributed by atoms with Crippen molar-refractivity contribution in [2.24, 2.45) is 5.73 Å². The molecule has 1 rings (SSSR count). The quantitative estimate of drug-likeness (QED) is 0.814. The third-order valence-corrected chi connectivity index (χ3v) is 2.25. The maximum atomic E-state index is 12.0. The van der Waals surface area contributed by atoms with Gasteiger partial charge in [0.1, 0.15) is 5.75 Å². The SMILES string of the molecule is CCN(C(=O)C(C)(C)N)c1cccc(O)c1. The number of anilines is 1. The maximum absolute atomic E-state index is 12.0. The van der Waals surface area contributed by atoms with Crippen LogP contribution in [0.15, 0.2) is 24.3 Å². The van der Waals surface area contributed by atoms with Gasteiger partial charge in [0.2, 0.25) is 5.91 Å². The molecule has 0 radical (unpaired) electrons. The number of amides is 1. The number of phenolic OH excluding ortho intramolecular Hbond substituents is 1. The third kappa shape index (κ3) is 2.73. The molecule has 3 N–H and O–H groups in total. The van der Waals surface area contributed by atoms with Crippen molar-refractivity contribution in [2.75, 3.05) is 11.4 Å². The summed E-state index contributed by atoms with van der Waals surface area (Å²) in [5.74, 6) is -0.0285. The van der Waals surface area contributed by atoms with Crippen molar-refractivity contribution in [1.82, 2.24) is 0 Å². The van der Waals surface area contributed by atoms with Gasteiger partial charge in [0.05, 0.1) is 5.54 Å². The Morgan fingerprint density at radius 2 is 2.12 bits per heavy atom. The van der Waals surface area contributed by atoms with Crippen LogP contribution in [-0.4, -0.2) is 23.1 Å². The Balaban J connectivity index is 3.04. The standard InChI is InChI=1S/C12H18N2O2/c1-4-14(11(16)12(2,3)13)9-6-5-7-10(15)8-9/h5-8,15H,4,13H2,1-3H3. The minimum absolute atomic E-state index is 0.138.